The minimum absolute atomic E-state index is 0.0748. The third-order valence-electron chi connectivity index (χ3n) is 4.27. The van der Waals surface area contributed by atoms with Crippen LogP contribution >= 0.6 is 0 Å². The Kier molecular flexibility index (Phi) is 4.39. The molecule has 1 aromatic rings. The van der Waals surface area contributed by atoms with Gasteiger partial charge in [-0.15, -0.1) is 0 Å². The van der Waals surface area contributed by atoms with Crippen molar-refractivity contribution in [3.63, 3.8) is 0 Å². The summed E-state index contributed by atoms with van der Waals surface area (Å²) in [7, 11) is -1.36. The average Bonchev–Trinajstić information content (AvgIpc) is 2.47. The van der Waals surface area contributed by atoms with E-state index in [1.165, 1.54) is 12.1 Å². The van der Waals surface area contributed by atoms with Crippen molar-refractivity contribution in [1.82, 2.24) is 10.2 Å². The minimum Gasteiger partial charge on any atom is -0.339 e. The van der Waals surface area contributed by atoms with Gasteiger partial charge in [-0.1, -0.05) is 6.07 Å². The molecule has 0 unspecified atom stereocenters. The predicted molar refractivity (Wildman–Crippen MR) is 82.2 cm³/mol. The van der Waals surface area contributed by atoms with Crippen molar-refractivity contribution < 1.29 is 13.2 Å². The van der Waals surface area contributed by atoms with Gasteiger partial charge in [0.1, 0.15) is 0 Å². The first-order valence-electron chi connectivity index (χ1n) is 7.03. The molecule has 0 radical (unpaired) electrons. The first kappa shape index (κ1) is 16.0. The Balaban J connectivity index is 2.15. The van der Waals surface area contributed by atoms with Gasteiger partial charge in [-0.2, -0.15) is 0 Å². The van der Waals surface area contributed by atoms with Crippen LogP contribution in [0.15, 0.2) is 29.2 Å². The molecule has 2 rings (SSSR count). The third kappa shape index (κ3) is 3.63. The highest BCUT2D eigenvalue weighted by molar-refractivity contribution is 7.90. The van der Waals surface area contributed by atoms with Crippen LogP contribution in [0.25, 0.3) is 0 Å². The molecule has 21 heavy (non-hydrogen) atoms. The molecule has 5 nitrogen and oxygen atoms in total. The van der Waals surface area contributed by atoms with Gasteiger partial charge in [-0.25, -0.2) is 8.42 Å². The maximum atomic E-state index is 12.5. The van der Waals surface area contributed by atoms with Crippen molar-refractivity contribution in [3.05, 3.63) is 29.8 Å². The molecule has 1 fully saturated rings. The summed E-state index contributed by atoms with van der Waals surface area (Å²) >= 11 is 0. The van der Waals surface area contributed by atoms with E-state index in [9.17, 15) is 13.2 Å². The van der Waals surface area contributed by atoms with Crippen LogP contribution in [0.5, 0.6) is 0 Å². The number of benzene rings is 1. The van der Waals surface area contributed by atoms with E-state index < -0.39 is 9.84 Å². The summed E-state index contributed by atoms with van der Waals surface area (Å²) in [5.41, 5.74) is 0.511. The highest BCUT2D eigenvalue weighted by atomic mass is 32.2. The second-order valence-corrected chi connectivity index (χ2v) is 7.92. The number of rotatable bonds is 3. The van der Waals surface area contributed by atoms with Crippen molar-refractivity contribution in [2.24, 2.45) is 0 Å². The number of carbonyl (C=O) groups excluding carboxylic acids is 1. The van der Waals surface area contributed by atoms with Gasteiger partial charge >= 0.3 is 0 Å². The molecule has 0 aromatic heterocycles. The normalized spacial score (nSPS) is 18.5. The number of amides is 1. The first-order chi connectivity index (χ1) is 9.75. The molecule has 1 amide bonds. The van der Waals surface area contributed by atoms with E-state index >= 15 is 0 Å². The molecule has 1 aliphatic rings. The molecule has 0 spiro atoms. The van der Waals surface area contributed by atoms with Crippen LogP contribution in [0.4, 0.5) is 0 Å². The first-order valence-corrected chi connectivity index (χ1v) is 8.93. The zero-order valence-electron chi connectivity index (χ0n) is 12.7. The van der Waals surface area contributed by atoms with Crippen molar-refractivity contribution in [2.45, 2.75) is 30.2 Å². The molecule has 1 saturated heterocycles. The van der Waals surface area contributed by atoms with Gasteiger partial charge in [0.2, 0.25) is 0 Å². The van der Waals surface area contributed by atoms with Gasteiger partial charge in [-0.05, 0) is 45.0 Å². The van der Waals surface area contributed by atoms with Crippen LogP contribution in [0.1, 0.15) is 30.1 Å². The second-order valence-electron chi connectivity index (χ2n) is 5.90. The Labute approximate surface area is 126 Å². The summed E-state index contributed by atoms with van der Waals surface area (Å²) in [6.07, 6.45) is 2.93. The largest absolute Gasteiger partial charge is 0.339 e. The summed E-state index contributed by atoms with van der Waals surface area (Å²) in [6, 6.07) is 6.26. The number of piperidine rings is 1. The zero-order chi connectivity index (χ0) is 15.7. The van der Waals surface area contributed by atoms with Crippen LogP contribution in [-0.4, -0.2) is 51.2 Å². The maximum absolute atomic E-state index is 12.5. The van der Waals surface area contributed by atoms with E-state index in [1.54, 1.807) is 17.0 Å². The highest BCUT2D eigenvalue weighted by Crippen LogP contribution is 2.23. The lowest BCUT2D eigenvalue weighted by Crippen LogP contribution is -2.51. The quantitative estimate of drug-likeness (QED) is 0.914. The van der Waals surface area contributed by atoms with Gasteiger partial charge in [0, 0.05) is 30.4 Å². The molecule has 1 aromatic carbocycles. The summed E-state index contributed by atoms with van der Waals surface area (Å²) in [5.74, 6) is -0.0985. The van der Waals surface area contributed by atoms with Crippen molar-refractivity contribution in [3.8, 4) is 0 Å². The lowest BCUT2D eigenvalue weighted by atomic mass is 9.89. The monoisotopic (exact) mass is 310 g/mol. The molecule has 0 bridgehead atoms. The van der Waals surface area contributed by atoms with Gasteiger partial charge in [0.15, 0.2) is 9.84 Å². The van der Waals surface area contributed by atoms with E-state index in [4.69, 9.17) is 0 Å². The number of hydrogen-bond donors (Lipinski definition) is 1. The Hall–Kier alpha value is -1.40. The van der Waals surface area contributed by atoms with Gasteiger partial charge in [-0.3, -0.25) is 4.79 Å². The molecule has 6 heteroatoms. The van der Waals surface area contributed by atoms with Gasteiger partial charge in [0.05, 0.1) is 4.90 Å². The SMILES string of the molecule is CNC1(C)CCN(C(=O)c2cccc(S(C)(=O)=O)c2)CC1. The highest BCUT2D eigenvalue weighted by Gasteiger charge is 2.30. The predicted octanol–water partition coefficient (Wildman–Crippen LogP) is 1.30. The summed E-state index contributed by atoms with van der Waals surface area (Å²) in [6.45, 7) is 3.51. The number of nitrogens with zero attached hydrogens (tertiary/aromatic N) is 1. The van der Waals surface area contributed by atoms with Crippen LogP contribution < -0.4 is 5.32 Å². The van der Waals surface area contributed by atoms with Gasteiger partial charge in [0.25, 0.3) is 5.91 Å². The van der Waals surface area contributed by atoms with Crippen LogP contribution in [-0.2, 0) is 9.84 Å². The summed E-state index contributed by atoms with van der Waals surface area (Å²) in [4.78, 5) is 14.5. The van der Waals surface area contributed by atoms with E-state index in [2.05, 4.69) is 12.2 Å². The molecule has 0 aliphatic carbocycles. The van der Waals surface area contributed by atoms with Crippen LogP contribution in [0, 0.1) is 0 Å². The van der Waals surface area contributed by atoms with E-state index in [0.29, 0.717) is 18.7 Å². The molecular formula is C15H22N2O3S. The third-order valence-corrected chi connectivity index (χ3v) is 5.38. The average molecular weight is 310 g/mol. The lowest BCUT2D eigenvalue weighted by Gasteiger charge is -2.39. The zero-order valence-corrected chi connectivity index (χ0v) is 13.5. The topological polar surface area (TPSA) is 66.5 Å². The number of nitrogens with one attached hydrogen (secondary N) is 1. The second kappa shape index (κ2) is 5.77. The van der Waals surface area contributed by atoms with E-state index in [0.717, 1.165) is 19.1 Å². The van der Waals surface area contributed by atoms with Crippen molar-refractivity contribution in [1.29, 1.82) is 0 Å². The molecule has 1 aliphatic heterocycles. The number of carbonyl (C=O) groups is 1. The molecule has 116 valence electrons. The Morgan fingerprint density at radius 1 is 1.29 bits per heavy atom. The molecule has 0 saturated carbocycles. The minimum atomic E-state index is -3.29. The van der Waals surface area contributed by atoms with E-state index in [-0.39, 0.29) is 16.3 Å². The van der Waals surface area contributed by atoms with Gasteiger partial charge < -0.3 is 10.2 Å². The van der Waals surface area contributed by atoms with Crippen LogP contribution in [0.3, 0.4) is 0 Å². The Morgan fingerprint density at radius 2 is 1.90 bits per heavy atom. The molecule has 0 atom stereocenters. The standard InChI is InChI=1S/C15H22N2O3S/c1-15(16-2)7-9-17(10-8-15)14(18)12-5-4-6-13(11-12)21(3,19)20/h4-6,11,16H,7-10H2,1-3H3. The summed E-state index contributed by atoms with van der Waals surface area (Å²) in [5, 5.41) is 3.29. The van der Waals surface area contributed by atoms with E-state index in [1.807, 2.05) is 7.05 Å². The van der Waals surface area contributed by atoms with Crippen molar-refractivity contribution in [2.75, 3.05) is 26.4 Å². The van der Waals surface area contributed by atoms with Crippen molar-refractivity contribution >= 4 is 15.7 Å². The fourth-order valence-corrected chi connectivity index (χ4v) is 3.16. The Morgan fingerprint density at radius 3 is 2.43 bits per heavy atom. The summed E-state index contributed by atoms with van der Waals surface area (Å²) < 4.78 is 23.1. The molecule has 1 N–H and O–H groups in total. The smallest absolute Gasteiger partial charge is 0.253 e. The number of hydrogen-bond acceptors (Lipinski definition) is 4. The lowest BCUT2D eigenvalue weighted by molar-refractivity contribution is 0.0661. The molecular weight excluding hydrogens is 288 g/mol. The fourth-order valence-electron chi connectivity index (χ4n) is 2.50. The maximum Gasteiger partial charge on any atom is 0.253 e. The fraction of sp³-hybridized carbons (Fsp3) is 0.533. The van der Waals surface area contributed by atoms with Crippen LogP contribution in [0.2, 0.25) is 0 Å². The Bertz CT molecular complexity index is 632. The number of likely N-dealkylation sites (tertiary alicyclic amines) is 1. The number of sulfone groups is 1. The molecule has 1 heterocycles.